The lowest BCUT2D eigenvalue weighted by Crippen LogP contribution is -3.11. The summed E-state index contributed by atoms with van der Waals surface area (Å²) in [6.45, 7) is 0.388. The topological polar surface area (TPSA) is 71.9 Å². The smallest absolute Gasteiger partial charge is 0.279 e. The second-order valence-corrected chi connectivity index (χ2v) is 7.99. The third kappa shape index (κ3) is 6.17. The fraction of sp³-hybridized carbons (Fsp3) is 0.217. The number of amides is 2. The second kappa shape index (κ2) is 10.6. The van der Waals surface area contributed by atoms with Crippen LogP contribution >= 0.6 is 11.3 Å². The molecule has 7 heteroatoms. The molecule has 0 aliphatic rings. The number of likely N-dealkylation sites (N-methyl/N-ethyl adjacent to an activating group) is 1. The predicted octanol–water partition coefficient (Wildman–Crippen LogP) is 2.12. The van der Waals surface area contributed by atoms with E-state index in [9.17, 15) is 9.59 Å². The number of carbonyl (C=O) groups excluding carboxylic acids is 2. The lowest BCUT2D eigenvalue weighted by molar-refractivity contribution is -0.862. The minimum Gasteiger partial charge on any atom is -0.497 e. The Labute approximate surface area is 180 Å². The highest BCUT2D eigenvalue weighted by molar-refractivity contribution is 7.10. The van der Waals surface area contributed by atoms with Gasteiger partial charge in [-0.2, -0.15) is 0 Å². The molecule has 0 aliphatic heterocycles. The molecule has 0 aliphatic carbocycles. The highest BCUT2D eigenvalue weighted by atomic mass is 32.1. The molecular weight excluding hydrogens is 398 g/mol. The van der Waals surface area contributed by atoms with Crippen LogP contribution in [0, 0.1) is 0 Å². The molecule has 0 spiro atoms. The zero-order chi connectivity index (χ0) is 21.3. The van der Waals surface area contributed by atoms with E-state index in [1.54, 1.807) is 42.7 Å². The molecule has 0 radical (unpaired) electrons. The lowest BCUT2D eigenvalue weighted by atomic mass is 10.1. The summed E-state index contributed by atoms with van der Waals surface area (Å²) in [7, 11) is 3.42. The standard InChI is InChI=1S/C23H25N3O3S/c1-26(15-21(27)24-18-10-12-19(29-2)13-11-18)16-22(28)25-23(20-9-6-14-30-20)17-7-4-3-5-8-17/h3-14,23H,15-16H2,1-2H3,(H,24,27)(H,25,28)/p+1/t23-/m1/s1. The fourth-order valence-electron chi connectivity index (χ4n) is 3.12. The highest BCUT2D eigenvalue weighted by Gasteiger charge is 2.20. The Morgan fingerprint density at radius 3 is 2.30 bits per heavy atom. The van der Waals surface area contributed by atoms with Crippen molar-refractivity contribution in [2.75, 3.05) is 32.6 Å². The molecule has 6 nitrogen and oxygen atoms in total. The number of quaternary nitrogens is 1. The molecule has 3 rings (SSSR count). The minimum absolute atomic E-state index is 0.105. The number of thiophene rings is 1. The van der Waals surface area contributed by atoms with E-state index in [1.165, 1.54) is 0 Å². The molecule has 2 aromatic carbocycles. The van der Waals surface area contributed by atoms with Crippen LogP contribution in [0.25, 0.3) is 0 Å². The Kier molecular flexibility index (Phi) is 7.59. The van der Waals surface area contributed by atoms with Crippen molar-refractivity contribution in [3.63, 3.8) is 0 Å². The first kappa shape index (κ1) is 21.5. The summed E-state index contributed by atoms with van der Waals surface area (Å²) in [4.78, 5) is 26.8. The molecule has 1 aromatic heterocycles. The molecule has 2 amide bonds. The van der Waals surface area contributed by atoms with E-state index >= 15 is 0 Å². The Morgan fingerprint density at radius 2 is 1.67 bits per heavy atom. The number of carbonyl (C=O) groups is 2. The number of anilines is 1. The minimum atomic E-state index is -0.195. The van der Waals surface area contributed by atoms with Crippen molar-refractivity contribution in [1.29, 1.82) is 0 Å². The number of rotatable bonds is 9. The largest absolute Gasteiger partial charge is 0.497 e. The van der Waals surface area contributed by atoms with Crippen LogP contribution < -0.4 is 20.3 Å². The van der Waals surface area contributed by atoms with Crippen molar-refractivity contribution in [2.24, 2.45) is 0 Å². The Bertz CT molecular complexity index is 944. The molecule has 2 atom stereocenters. The first-order valence-corrected chi connectivity index (χ1v) is 10.6. The third-order valence-electron chi connectivity index (χ3n) is 4.56. The van der Waals surface area contributed by atoms with Crippen molar-refractivity contribution >= 4 is 28.8 Å². The van der Waals surface area contributed by atoms with E-state index in [0.717, 1.165) is 21.1 Å². The third-order valence-corrected chi connectivity index (χ3v) is 5.50. The van der Waals surface area contributed by atoms with Crippen LogP contribution in [-0.4, -0.2) is 39.1 Å². The summed E-state index contributed by atoms with van der Waals surface area (Å²) in [5, 5.41) is 7.95. The zero-order valence-electron chi connectivity index (χ0n) is 17.1. The molecule has 3 N–H and O–H groups in total. The number of hydrogen-bond acceptors (Lipinski definition) is 4. The molecule has 1 heterocycles. The van der Waals surface area contributed by atoms with Crippen LogP contribution in [0.5, 0.6) is 5.75 Å². The molecule has 3 aromatic rings. The normalized spacial score (nSPS) is 12.6. The van der Waals surface area contributed by atoms with Crippen LogP contribution in [0.3, 0.4) is 0 Å². The number of nitrogens with one attached hydrogen (secondary N) is 3. The van der Waals surface area contributed by atoms with Gasteiger partial charge in [0.1, 0.15) is 5.75 Å². The predicted molar refractivity (Wildman–Crippen MR) is 119 cm³/mol. The molecule has 1 unspecified atom stereocenters. The van der Waals surface area contributed by atoms with Crippen LogP contribution in [-0.2, 0) is 9.59 Å². The van der Waals surface area contributed by atoms with Gasteiger partial charge in [0.2, 0.25) is 0 Å². The van der Waals surface area contributed by atoms with E-state index in [0.29, 0.717) is 5.69 Å². The van der Waals surface area contributed by atoms with Crippen LogP contribution in [0.1, 0.15) is 16.5 Å². The Hall–Kier alpha value is -3.16. The van der Waals surface area contributed by atoms with Crippen molar-refractivity contribution in [3.8, 4) is 5.75 Å². The first-order valence-electron chi connectivity index (χ1n) is 9.68. The Morgan fingerprint density at radius 1 is 0.967 bits per heavy atom. The van der Waals surface area contributed by atoms with Crippen LogP contribution in [0.4, 0.5) is 5.69 Å². The van der Waals surface area contributed by atoms with Gasteiger partial charge in [-0.3, -0.25) is 9.59 Å². The van der Waals surface area contributed by atoms with E-state index in [2.05, 4.69) is 10.6 Å². The summed E-state index contributed by atoms with van der Waals surface area (Å²) in [6, 6.07) is 20.8. The Balaban J connectivity index is 1.54. The molecule has 0 bridgehead atoms. The van der Waals surface area contributed by atoms with Gasteiger partial charge in [-0.05, 0) is 41.3 Å². The highest BCUT2D eigenvalue weighted by Crippen LogP contribution is 2.25. The average molecular weight is 425 g/mol. The maximum atomic E-state index is 12.7. The van der Waals surface area contributed by atoms with E-state index in [1.807, 2.05) is 54.9 Å². The van der Waals surface area contributed by atoms with Crippen molar-refractivity contribution in [2.45, 2.75) is 6.04 Å². The molecular formula is C23H26N3O3S+. The quantitative estimate of drug-likeness (QED) is 0.493. The van der Waals surface area contributed by atoms with Gasteiger partial charge in [-0.15, -0.1) is 11.3 Å². The number of hydrogen-bond donors (Lipinski definition) is 3. The van der Waals surface area contributed by atoms with Gasteiger partial charge in [0.25, 0.3) is 11.8 Å². The monoisotopic (exact) mass is 424 g/mol. The maximum absolute atomic E-state index is 12.7. The zero-order valence-corrected chi connectivity index (χ0v) is 17.9. The summed E-state index contributed by atoms with van der Waals surface area (Å²) >= 11 is 1.61. The van der Waals surface area contributed by atoms with E-state index in [4.69, 9.17) is 4.74 Å². The van der Waals surface area contributed by atoms with Crippen molar-refractivity contribution in [1.82, 2.24) is 5.32 Å². The lowest BCUT2D eigenvalue weighted by Gasteiger charge is -2.20. The van der Waals surface area contributed by atoms with E-state index in [-0.39, 0.29) is 30.9 Å². The van der Waals surface area contributed by atoms with Crippen molar-refractivity contribution in [3.05, 3.63) is 82.6 Å². The average Bonchev–Trinajstić information content (AvgIpc) is 3.27. The number of benzene rings is 2. The summed E-state index contributed by atoms with van der Waals surface area (Å²) in [6.07, 6.45) is 0. The van der Waals surface area contributed by atoms with Gasteiger partial charge >= 0.3 is 0 Å². The molecule has 0 saturated heterocycles. The number of methoxy groups -OCH3 is 1. The number of ether oxygens (including phenoxy) is 1. The fourth-order valence-corrected chi connectivity index (χ4v) is 3.92. The van der Waals surface area contributed by atoms with Crippen LogP contribution in [0.2, 0.25) is 0 Å². The molecule has 30 heavy (non-hydrogen) atoms. The molecule has 0 saturated carbocycles. The van der Waals surface area contributed by atoms with Crippen molar-refractivity contribution < 1.29 is 19.2 Å². The van der Waals surface area contributed by atoms with Gasteiger partial charge < -0.3 is 20.3 Å². The molecule has 156 valence electrons. The second-order valence-electron chi connectivity index (χ2n) is 7.01. The van der Waals surface area contributed by atoms with Gasteiger partial charge in [0.05, 0.1) is 20.2 Å². The SMILES string of the molecule is COc1ccc(NC(=O)C[NH+](C)CC(=O)N[C@H](c2ccccc2)c2cccs2)cc1. The summed E-state index contributed by atoms with van der Waals surface area (Å²) in [5.41, 5.74) is 1.73. The summed E-state index contributed by atoms with van der Waals surface area (Å²) in [5.74, 6) is 0.474. The van der Waals surface area contributed by atoms with Gasteiger partial charge in [-0.1, -0.05) is 36.4 Å². The summed E-state index contributed by atoms with van der Waals surface area (Å²) < 4.78 is 5.11. The van der Waals surface area contributed by atoms with Gasteiger partial charge in [-0.25, -0.2) is 0 Å². The van der Waals surface area contributed by atoms with E-state index < -0.39 is 0 Å². The maximum Gasteiger partial charge on any atom is 0.279 e. The van der Waals surface area contributed by atoms with Crippen LogP contribution in [0.15, 0.2) is 72.1 Å². The molecule has 0 fully saturated rings. The van der Waals surface area contributed by atoms with Gasteiger partial charge in [0.15, 0.2) is 13.1 Å². The first-order chi connectivity index (χ1) is 14.5. The van der Waals surface area contributed by atoms with Gasteiger partial charge in [0, 0.05) is 10.6 Å².